The Morgan fingerprint density at radius 1 is 0.824 bits per heavy atom. The molecule has 0 amide bonds. The van der Waals surface area contributed by atoms with E-state index in [-0.39, 0.29) is 0 Å². The topological polar surface area (TPSA) is 29.3 Å². The molecule has 0 heterocycles. The summed E-state index contributed by atoms with van der Waals surface area (Å²) in [5.74, 6) is 1.83. The zero-order valence-electron chi connectivity index (χ0n) is 11.9. The maximum atomic E-state index is 6.00. The fraction of sp³-hybridized carbons (Fsp3) is 1.00. The molecule has 0 bridgehead atoms. The fourth-order valence-corrected chi connectivity index (χ4v) is 4.04. The van der Waals surface area contributed by atoms with Crippen LogP contribution in [0.1, 0.15) is 58.8 Å². The SMILES string of the molecule is CC1CC(C)CC(N(C)C2CCC(N)CC2)C1. The summed E-state index contributed by atoms with van der Waals surface area (Å²) in [4.78, 5) is 2.69. The molecule has 2 heteroatoms. The molecule has 2 aliphatic rings. The maximum absolute atomic E-state index is 6.00. The van der Waals surface area contributed by atoms with Crippen molar-refractivity contribution in [3.8, 4) is 0 Å². The standard InChI is InChI=1S/C15H30N2/c1-11-8-12(2)10-15(9-11)17(3)14-6-4-13(16)5-7-14/h11-15H,4-10,16H2,1-3H3. The van der Waals surface area contributed by atoms with Crippen LogP contribution in [0.4, 0.5) is 0 Å². The van der Waals surface area contributed by atoms with Crippen LogP contribution in [0.5, 0.6) is 0 Å². The van der Waals surface area contributed by atoms with Crippen LogP contribution in [0.25, 0.3) is 0 Å². The average molecular weight is 238 g/mol. The molecule has 2 atom stereocenters. The third-order valence-corrected chi connectivity index (χ3v) is 5.05. The van der Waals surface area contributed by atoms with E-state index in [0.717, 1.165) is 23.9 Å². The highest BCUT2D eigenvalue weighted by Gasteiger charge is 2.31. The van der Waals surface area contributed by atoms with Crippen LogP contribution in [0, 0.1) is 11.8 Å². The smallest absolute Gasteiger partial charge is 0.0100 e. The van der Waals surface area contributed by atoms with E-state index in [1.807, 2.05) is 0 Å². The molecule has 2 saturated carbocycles. The Bertz CT molecular complexity index is 223. The van der Waals surface area contributed by atoms with Crippen molar-refractivity contribution in [2.24, 2.45) is 17.6 Å². The molecule has 2 N–H and O–H groups in total. The zero-order valence-corrected chi connectivity index (χ0v) is 11.9. The van der Waals surface area contributed by atoms with E-state index in [1.54, 1.807) is 0 Å². The van der Waals surface area contributed by atoms with E-state index in [4.69, 9.17) is 5.73 Å². The lowest BCUT2D eigenvalue weighted by Crippen LogP contribution is -2.46. The first-order valence-electron chi connectivity index (χ1n) is 7.53. The Morgan fingerprint density at radius 2 is 1.35 bits per heavy atom. The van der Waals surface area contributed by atoms with Crippen LogP contribution in [-0.4, -0.2) is 30.1 Å². The van der Waals surface area contributed by atoms with Gasteiger partial charge in [-0.1, -0.05) is 13.8 Å². The molecule has 17 heavy (non-hydrogen) atoms. The van der Waals surface area contributed by atoms with Gasteiger partial charge in [0.1, 0.15) is 0 Å². The van der Waals surface area contributed by atoms with Gasteiger partial charge in [-0.15, -0.1) is 0 Å². The predicted octanol–water partition coefficient (Wildman–Crippen LogP) is 3.01. The van der Waals surface area contributed by atoms with Gasteiger partial charge in [0.05, 0.1) is 0 Å². The third-order valence-electron chi connectivity index (χ3n) is 5.05. The monoisotopic (exact) mass is 238 g/mol. The lowest BCUT2D eigenvalue weighted by atomic mass is 9.79. The van der Waals surface area contributed by atoms with Crippen molar-refractivity contribution >= 4 is 0 Å². The van der Waals surface area contributed by atoms with Crippen molar-refractivity contribution < 1.29 is 0 Å². The van der Waals surface area contributed by atoms with Crippen LogP contribution >= 0.6 is 0 Å². The minimum absolute atomic E-state index is 0.476. The molecular weight excluding hydrogens is 208 g/mol. The van der Waals surface area contributed by atoms with Gasteiger partial charge in [0.2, 0.25) is 0 Å². The summed E-state index contributed by atoms with van der Waals surface area (Å²) in [6.45, 7) is 4.85. The molecule has 2 rings (SSSR count). The molecule has 2 unspecified atom stereocenters. The number of nitrogens with zero attached hydrogens (tertiary/aromatic N) is 1. The second-order valence-electron chi connectivity index (χ2n) is 6.81. The van der Waals surface area contributed by atoms with Crippen molar-refractivity contribution in [3.05, 3.63) is 0 Å². The Labute approximate surface area is 107 Å². The zero-order chi connectivity index (χ0) is 12.4. The van der Waals surface area contributed by atoms with E-state index >= 15 is 0 Å². The van der Waals surface area contributed by atoms with Gasteiger partial charge in [0, 0.05) is 18.1 Å². The highest BCUT2D eigenvalue weighted by molar-refractivity contribution is 4.87. The summed E-state index contributed by atoms with van der Waals surface area (Å²) in [6, 6.07) is 2.11. The molecule has 0 aliphatic heterocycles. The second kappa shape index (κ2) is 5.71. The highest BCUT2D eigenvalue weighted by atomic mass is 15.2. The Morgan fingerprint density at radius 3 is 1.88 bits per heavy atom. The lowest BCUT2D eigenvalue weighted by Gasteiger charge is -2.43. The number of hydrogen-bond acceptors (Lipinski definition) is 2. The number of rotatable bonds is 2. The molecule has 100 valence electrons. The fourth-order valence-electron chi connectivity index (χ4n) is 4.04. The minimum Gasteiger partial charge on any atom is -0.328 e. The van der Waals surface area contributed by atoms with Crippen molar-refractivity contribution in [1.29, 1.82) is 0 Å². The first-order chi connectivity index (χ1) is 8.06. The van der Waals surface area contributed by atoms with Crippen molar-refractivity contribution in [2.45, 2.75) is 76.9 Å². The van der Waals surface area contributed by atoms with E-state index in [9.17, 15) is 0 Å². The van der Waals surface area contributed by atoms with Gasteiger partial charge in [-0.2, -0.15) is 0 Å². The van der Waals surface area contributed by atoms with Crippen molar-refractivity contribution in [3.63, 3.8) is 0 Å². The summed E-state index contributed by atoms with van der Waals surface area (Å²) >= 11 is 0. The molecule has 0 aromatic rings. The Kier molecular flexibility index (Phi) is 4.48. The molecule has 0 saturated heterocycles. The number of hydrogen-bond donors (Lipinski definition) is 1. The summed E-state index contributed by atoms with van der Waals surface area (Å²) in [6.07, 6.45) is 9.33. The van der Waals surface area contributed by atoms with Crippen LogP contribution < -0.4 is 5.73 Å². The Hall–Kier alpha value is -0.0800. The quantitative estimate of drug-likeness (QED) is 0.801. The molecule has 2 aliphatic carbocycles. The first kappa shape index (κ1) is 13.4. The van der Waals surface area contributed by atoms with E-state index in [2.05, 4.69) is 25.8 Å². The summed E-state index contributed by atoms with van der Waals surface area (Å²) in [7, 11) is 2.36. The van der Waals surface area contributed by atoms with E-state index in [1.165, 1.54) is 44.9 Å². The summed E-state index contributed by atoms with van der Waals surface area (Å²) < 4.78 is 0. The highest BCUT2D eigenvalue weighted by Crippen LogP contribution is 2.33. The molecule has 2 fully saturated rings. The van der Waals surface area contributed by atoms with Gasteiger partial charge in [0.25, 0.3) is 0 Å². The van der Waals surface area contributed by atoms with Crippen molar-refractivity contribution in [1.82, 2.24) is 4.90 Å². The van der Waals surface area contributed by atoms with Gasteiger partial charge < -0.3 is 10.6 Å². The lowest BCUT2D eigenvalue weighted by molar-refractivity contribution is 0.0755. The van der Waals surface area contributed by atoms with Crippen LogP contribution in [0.3, 0.4) is 0 Å². The average Bonchev–Trinajstić information content (AvgIpc) is 2.28. The van der Waals surface area contributed by atoms with Gasteiger partial charge in [-0.3, -0.25) is 0 Å². The first-order valence-corrected chi connectivity index (χ1v) is 7.53. The molecule has 2 nitrogen and oxygen atoms in total. The van der Waals surface area contributed by atoms with E-state index < -0.39 is 0 Å². The number of nitrogens with two attached hydrogens (primary N) is 1. The second-order valence-corrected chi connectivity index (χ2v) is 6.81. The summed E-state index contributed by atoms with van der Waals surface area (Å²) in [5.41, 5.74) is 6.00. The van der Waals surface area contributed by atoms with Crippen LogP contribution in [-0.2, 0) is 0 Å². The predicted molar refractivity (Wildman–Crippen MR) is 74.0 cm³/mol. The minimum atomic E-state index is 0.476. The molecule has 0 spiro atoms. The summed E-state index contributed by atoms with van der Waals surface area (Å²) in [5, 5.41) is 0. The van der Waals surface area contributed by atoms with Gasteiger partial charge in [0.15, 0.2) is 0 Å². The van der Waals surface area contributed by atoms with Gasteiger partial charge in [-0.05, 0) is 63.8 Å². The van der Waals surface area contributed by atoms with Gasteiger partial charge in [-0.25, -0.2) is 0 Å². The van der Waals surface area contributed by atoms with Gasteiger partial charge >= 0.3 is 0 Å². The largest absolute Gasteiger partial charge is 0.328 e. The molecular formula is C15H30N2. The maximum Gasteiger partial charge on any atom is 0.0100 e. The van der Waals surface area contributed by atoms with Crippen LogP contribution in [0.2, 0.25) is 0 Å². The van der Waals surface area contributed by atoms with Crippen LogP contribution in [0.15, 0.2) is 0 Å². The van der Waals surface area contributed by atoms with E-state index in [0.29, 0.717) is 6.04 Å². The Balaban J connectivity index is 1.88. The van der Waals surface area contributed by atoms with Crippen molar-refractivity contribution in [2.75, 3.05) is 7.05 Å². The third kappa shape index (κ3) is 3.45. The molecule has 0 radical (unpaired) electrons. The molecule has 0 aromatic heterocycles. The molecule has 0 aromatic carbocycles. The normalized spacial score (nSPS) is 43.9.